The molecule has 174 valence electrons. The molecule has 2 fully saturated rings. The first kappa shape index (κ1) is 21.2. The van der Waals surface area contributed by atoms with Crippen molar-refractivity contribution in [1.29, 1.82) is 0 Å². The van der Waals surface area contributed by atoms with Gasteiger partial charge in [0.1, 0.15) is 24.1 Å². The smallest absolute Gasteiger partial charge is 0.226 e. The van der Waals surface area contributed by atoms with Crippen LogP contribution in [0.25, 0.3) is 11.2 Å². The van der Waals surface area contributed by atoms with E-state index in [9.17, 15) is 19.7 Å². The van der Waals surface area contributed by atoms with Crippen LogP contribution in [0.15, 0.2) is 24.5 Å². The lowest BCUT2D eigenvalue weighted by Crippen LogP contribution is -2.33. The molecule has 1 unspecified atom stereocenters. The van der Waals surface area contributed by atoms with E-state index in [1.807, 2.05) is 11.0 Å². The van der Waals surface area contributed by atoms with Gasteiger partial charge in [-0.3, -0.25) is 4.57 Å². The Bertz CT molecular complexity index is 1230. The highest BCUT2D eigenvalue weighted by Gasteiger charge is 2.47. The molecule has 3 aliphatic rings. The number of rotatable bonds is 3. The Hall–Kier alpha value is -2.37. The van der Waals surface area contributed by atoms with Gasteiger partial charge >= 0.3 is 0 Å². The van der Waals surface area contributed by atoms with Gasteiger partial charge in [0, 0.05) is 17.6 Å². The molecule has 9 nitrogen and oxygen atoms in total. The third kappa shape index (κ3) is 3.08. The van der Waals surface area contributed by atoms with Gasteiger partial charge in [0.15, 0.2) is 23.2 Å². The molecule has 3 aromatic rings. The molecule has 0 radical (unpaired) electrons. The Morgan fingerprint density at radius 3 is 2.70 bits per heavy atom. The second-order valence-electron chi connectivity index (χ2n) is 9.10. The van der Waals surface area contributed by atoms with E-state index in [2.05, 4.69) is 15.0 Å². The largest absolute Gasteiger partial charge is 0.394 e. The van der Waals surface area contributed by atoms with E-state index in [1.54, 1.807) is 0 Å². The van der Waals surface area contributed by atoms with Gasteiger partial charge in [-0.05, 0) is 42.1 Å². The maximum Gasteiger partial charge on any atom is 0.226 e. The van der Waals surface area contributed by atoms with Gasteiger partial charge in [-0.15, -0.1) is 0 Å². The minimum Gasteiger partial charge on any atom is -0.394 e. The fourth-order valence-electron chi connectivity index (χ4n) is 5.68. The zero-order chi connectivity index (χ0) is 22.9. The van der Waals surface area contributed by atoms with Crippen molar-refractivity contribution in [3.8, 4) is 0 Å². The molecule has 33 heavy (non-hydrogen) atoms. The highest BCUT2D eigenvalue weighted by atomic mass is 35.5. The summed E-state index contributed by atoms with van der Waals surface area (Å²) in [6.45, 7) is 0.190. The number of aliphatic hydroxyl groups excluding tert-OH is 3. The second-order valence-corrected chi connectivity index (χ2v) is 9.44. The number of ether oxygens (including phenoxy) is 1. The molecule has 2 aliphatic heterocycles. The van der Waals surface area contributed by atoms with E-state index < -0.39 is 31.1 Å². The lowest BCUT2D eigenvalue weighted by molar-refractivity contribution is -0.0511. The topological polar surface area (TPSA) is 117 Å². The van der Waals surface area contributed by atoms with E-state index in [0.717, 1.165) is 36.9 Å². The van der Waals surface area contributed by atoms with Gasteiger partial charge in [-0.2, -0.15) is 9.97 Å². The Morgan fingerprint density at radius 2 is 1.97 bits per heavy atom. The van der Waals surface area contributed by atoms with Crippen molar-refractivity contribution in [3.05, 3.63) is 41.2 Å². The van der Waals surface area contributed by atoms with Gasteiger partial charge in [-0.25, -0.2) is 9.37 Å². The molecule has 6 rings (SSSR count). The van der Waals surface area contributed by atoms with Crippen molar-refractivity contribution in [2.45, 2.75) is 55.6 Å². The molecule has 0 amide bonds. The Kier molecular flexibility index (Phi) is 4.86. The van der Waals surface area contributed by atoms with Crippen LogP contribution in [0.1, 0.15) is 37.5 Å². The van der Waals surface area contributed by atoms with E-state index >= 15 is 0 Å². The van der Waals surface area contributed by atoms with Gasteiger partial charge in [0.05, 0.1) is 12.9 Å². The number of fused-ring (bicyclic) bond motifs is 3. The number of anilines is 2. The molecule has 1 aromatic carbocycles. The van der Waals surface area contributed by atoms with Crippen LogP contribution in [0.5, 0.6) is 0 Å². The molecular weight excluding hydrogens is 453 g/mol. The van der Waals surface area contributed by atoms with Crippen LogP contribution in [0.3, 0.4) is 0 Å². The summed E-state index contributed by atoms with van der Waals surface area (Å²) >= 11 is 6.31. The van der Waals surface area contributed by atoms with E-state index in [0.29, 0.717) is 23.5 Å². The average molecular weight is 476 g/mol. The quantitative estimate of drug-likeness (QED) is 0.494. The summed E-state index contributed by atoms with van der Waals surface area (Å²) in [7, 11) is 0. The molecule has 1 aliphatic carbocycles. The predicted molar refractivity (Wildman–Crippen MR) is 117 cm³/mol. The average Bonchev–Trinajstić information content (AvgIpc) is 3.56. The van der Waals surface area contributed by atoms with Crippen LogP contribution in [0.4, 0.5) is 15.9 Å². The molecule has 1 saturated heterocycles. The fraction of sp³-hybridized carbons (Fsp3) is 0.500. The van der Waals surface area contributed by atoms with Crippen LogP contribution in [0.2, 0.25) is 5.28 Å². The first-order valence-electron chi connectivity index (χ1n) is 11.0. The minimum atomic E-state index is -1.29. The van der Waals surface area contributed by atoms with Crippen LogP contribution in [0, 0.1) is 5.82 Å². The summed E-state index contributed by atoms with van der Waals surface area (Å²) in [5.74, 6) is 0.119. The number of aromatic nitrogens is 4. The number of hydrogen-bond acceptors (Lipinski definition) is 8. The summed E-state index contributed by atoms with van der Waals surface area (Å²) in [6, 6.07) is 4.89. The van der Waals surface area contributed by atoms with E-state index in [4.69, 9.17) is 16.3 Å². The zero-order valence-electron chi connectivity index (χ0n) is 17.6. The summed E-state index contributed by atoms with van der Waals surface area (Å²) in [5, 5.41) is 30.0. The van der Waals surface area contributed by atoms with Crippen LogP contribution >= 0.6 is 11.6 Å². The maximum atomic E-state index is 14.3. The first-order chi connectivity index (χ1) is 15.9. The first-order valence-corrected chi connectivity index (χ1v) is 11.4. The van der Waals surface area contributed by atoms with E-state index in [1.165, 1.54) is 23.0 Å². The standard InChI is InChI=1S/C22H23ClFN5O4/c23-21-26-18(28-9-22(5-1-2-6-22)12-4-3-11(24)7-13(12)28)15-19(27-21)29(10-25-15)20-17(32)16(31)14(8-30)33-20/h3-4,7,10,14,16-17,20,30-32H,1-2,5-6,8-9H2/t14-,16?,17+,20-/m1/s1. The predicted octanol–water partition coefficient (Wildman–Crippen LogP) is 2.19. The Labute approximate surface area is 193 Å². The van der Waals surface area contributed by atoms with Gasteiger partial charge in [0.25, 0.3) is 0 Å². The van der Waals surface area contributed by atoms with Crippen LogP contribution in [-0.2, 0) is 10.2 Å². The van der Waals surface area contributed by atoms with Crippen LogP contribution in [-0.4, -0.2) is 66.3 Å². The number of halogens is 2. The number of hydrogen-bond donors (Lipinski definition) is 3. The monoisotopic (exact) mass is 475 g/mol. The molecule has 1 saturated carbocycles. The summed E-state index contributed by atoms with van der Waals surface area (Å²) < 4.78 is 21.4. The lowest BCUT2D eigenvalue weighted by Gasteiger charge is -2.25. The van der Waals surface area contributed by atoms with Crippen molar-refractivity contribution in [2.24, 2.45) is 0 Å². The van der Waals surface area contributed by atoms with Crippen LogP contribution < -0.4 is 4.90 Å². The molecule has 2 aromatic heterocycles. The molecular formula is C22H23ClFN5O4. The molecule has 1 spiro atoms. The lowest BCUT2D eigenvalue weighted by atomic mass is 9.81. The molecule has 4 atom stereocenters. The highest BCUT2D eigenvalue weighted by molar-refractivity contribution is 6.28. The van der Waals surface area contributed by atoms with Gasteiger partial charge < -0.3 is 25.0 Å². The Balaban J connectivity index is 1.48. The Morgan fingerprint density at radius 1 is 1.18 bits per heavy atom. The fourth-order valence-corrected chi connectivity index (χ4v) is 5.84. The summed E-state index contributed by atoms with van der Waals surface area (Å²) in [6.07, 6.45) is 1.20. The summed E-state index contributed by atoms with van der Waals surface area (Å²) in [5.41, 5.74) is 2.51. The molecule has 11 heteroatoms. The normalized spacial score (nSPS) is 28.3. The van der Waals surface area contributed by atoms with Gasteiger partial charge in [0.2, 0.25) is 5.28 Å². The van der Waals surface area contributed by atoms with Crippen molar-refractivity contribution in [2.75, 3.05) is 18.1 Å². The van der Waals surface area contributed by atoms with Crippen molar-refractivity contribution >= 4 is 34.3 Å². The molecule has 4 heterocycles. The van der Waals surface area contributed by atoms with Gasteiger partial charge in [-0.1, -0.05) is 18.9 Å². The maximum absolute atomic E-state index is 14.3. The minimum absolute atomic E-state index is 0.0312. The second kappa shape index (κ2) is 7.57. The van der Waals surface area contributed by atoms with E-state index in [-0.39, 0.29) is 16.5 Å². The van der Waals surface area contributed by atoms with Crippen molar-refractivity contribution in [3.63, 3.8) is 0 Å². The van der Waals surface area contributed by atoms with Crippen molar-refractivity contribution < 1.29 is 24.4 Å². The number of imidazole rings is 1. The number of benzene rings is 1. The van der Waals surface area contributed by atoms with Crippen molar-refractivity contribution in [1.82, 2.24) is 19.5 Å². The third-order valence-corrected chi connectivity index (χ3v) is 7.44. The summed E-state index contributed by atoms with van der Waals surface area (Å²) in [4.78, 5) is 15.2. The SMILES string of the molecule is OC[C@H]1O[C@@H](n2cnc3c(N4CC5(CCCC5)c5ccc(F)cc54)nc(Cl)nc32)[C@@H](O)C1O. The third-order valence-electron chi connectivity index (χ3n) is 7.27. The highest BCUT2D eigenvalue weighted by Crippen LogP contribution is 2.53. The number of nitrogens with zero attached hydrogens (tertiary/aromatic N) is 5. The number of aliphatic hydroxyl groups is 3. The molecule has 3 N–H and O–H groups in total. The zero-order valence-corrected chi connectivity index (χ0v) is 18.4. The molecule has 0 bridgehead atoms.